The van der Waals surface area contributed by atoms with Gasteiger partial charge in [-0.25, -0.2) is 9.59 Å². The number of nitrogens with zero attached hydrogens (tertiary/aromatic N) is 1. The summed E-state index contributed by atoms with van der Waals surface area (Å²) in [6.07, 6.45) is -6.07. The Morgan fingerprint density at radius 3 is 2.20 bits per heavy atom. The van der Waals surface area contributed by atoms with Gasteiger partial charge >= 0.3 is 24.3 Å². The Morgan fingerprint density at radius 1 is 1.05 bits per heavy atom. The molecule has 1 amide bonds. The molecule has 0 saturated carbocycles. The van der Waals surface area contributed by atoms with Crippen LogP contribution < -0.4 is 25.3 Å². The molecule has 1 aromatic heterocycles. The molecule has 0 bridgehead atoms. The molecule has 6 N–H and O–H groups in total. The van der Waals surface area contributed by atoms with Crippen LogP contribution in [0.4, 0.5) is 32.0 Å². The molecular weight excluding hydrogens is 610 g/mol. The smallest absolute Gasteiger partial charge is 0.490 e. The van der Waals surface area contributed by atoms with Crippen LogP contribution in [0.25, 0.3) is 11.1 Å². The molecule has 1 aliphatic heterocycles. The maximum atomic E-state index is 13.0. The normalized spacial score (nSPS) is 13.9. The zero-order valence-electron chi connectivity index (χ0n) is 22.7. The number of benzene rings is 2. The number of aliphatic carboxylic acids is 2. The summed E-state index contributed by atoms with van der Waals surface area (Å²) in [4.78, 5) is 30.7. The van der Waals surface area contributed by atoms with Gasteiger partial charge in [-0.3, -0.25) is 9.89 Å². The number of halogens is 6. The van der Waals surface area contributed by atoms with Crippen molar-refractivity contribution in [2.45, 2.75) is 18.8 Å². The third-order valence-corrected chi connectivity index (χ3v) is 5.48. The molecule has 2 heterocycles. The van der Waals surface area contributed by atoms with Crippen molar-refractivity contribution >= 4 is 23.5 Å². The first-order chi connectivity index (χ1) is 20.6. The van der Waals surface area contributed by atoms with Crippen LogP contribution in [-0.4, -0.2) is 77.5 Å². The number of ether oxygens (including phenoxy) is 3. The molecule has 3 aromatic rings. The number of nitrogens with two attached hydrogens (primary N) is 1. The van der Waals surface area contributed by atoms with Crippen LogP contribution in [0.15, 0.2) is 48.8 Å². The van der Waals surface area contributed by atoms with Crippen LogP contribution in [0.5, 0.6) is 17.2 Å². The average molecular weight is 637 g/mol. The van der Waals surface area contributed by atoms with Crippen molar-refractivity contribution in [2.24, 2.45) is 11.7 Å². The Hall–Kier alpha value is -5.00. The fourth-order valence-corrected chi connectivity index (χ4v) is 3.40. The van der Waals surface area contributed by atoms with Crippen LogP contribution in [-0.2, 0) is 20.8 Å². The van der Waals surface area contributed by atoms with E-state index in [9.17, 15) is 31.1 Å². The number of rotatable bonds is 7. The Kier molecular flexibility index (Phi) is 12.4. The molecule has 0 aliphatic carbocycles. The van der Waals surface area contributed by atoms with E-state index in [-0.39, 0.29) is 11.8 Å². The van der Waals surface area contributed by atoms with Crippen molar-refractivity contribution < 1.29 is 65.1 Å². The molecule has 0 radical (unpaired) electrons. The van der Waals surface area contributed by atoms with Crippen LogP contribution in [0.3, 0.4) is 0 Å². The number of carboxylic acid groups (broad SMARTS) is 2. The number of carbonyl (C=O) groups is 3. The van der Waals surface area contributed by atoms with Gasteiger partial charge in [0.1, 0.15) is 30.5 Å². The third kappa shape index (κ3) is 10.7. The second kappa shape index (κ2) is 15.5. The van der Waals surface area contributed by atoms with E-state index in [2.05, 4.69) is 15.5 Å². The number of aromatic amines is 1. The van der Waals surface area contributed by atoms with Crippen LogP contribution >= 0.6 is 0 Å². The molecule has 1 unspecified atom stereocenters. The maximum absolute atomic E-state index is 13.0. The van der Waals surface area contributed by atoms with E-state index in [1.807, 2.05) is 36.4 Å². The van der Waals surface area contributed by atoms with Gasteiger partial charge < -0.3 is 35.5 Å². The second-order valence-electron chi connectivity index (χ2n) is 8.62. The fourth-order valence-electron chi connectivity index (χ4n) is 3.40. The third-order valence-electron chi connectivity index (χ3n) is 5.48. The van der Waals surface area contributed by atoms with Crippen LogP contribution in [0, 0.1) is 5.92 Å². The summed E-state index contributed by atoms with van der Waals surface area (Å²) in [6.45, 7) is 1.03. The molecule has 12 nitrogen and oxygen atoms in total. The number of hydrogen-bond acceptors (Lipinski definition) is 8. The van der Waals surface area contributed by atoms with Crippen molar-refractivity contribution in [2.75, 3.05) is 32.2 Å². The van der Waals surface area contributed by atoms with E-state index < -0.39 is 24.3 Å². The minimum absolute atomic E-state index is 0.128. The number of hydrogen-bond donors (Lipinski definition) is 5. The summed E-state index contributed by atoms with van der Waals surface area (Å²) >= 11 is 0. The van der Waals surface area contributed by atoms with E-state index in [0.717, 1.165) is 28.2 Å². The zero-order chi connectivity index (χ0) is 33.1. The zero-order valence-corrected chi connectivity index (χ0v) is 22.7. The number of carboxylic acids is 2. The molecule has 0 fully saturated rings. The predicted molar refractivity (Wildman–Crippen MR) is 140 cm³/mol. The van der Waals surface area contributed by atoms with Gasteiger partial charge in [0.25, 0.3) is 0 Å². The monoisotopic (exact) mass is 636 g/mol. The largest absolute Gasteiger partial charge is 0.497 e. The van der Waals surface area contributed by atoms with Gasteiger partial charge in [-0.1, -0.05) is 6.07 Å². The fraction of sp³-hybridized carbons (Fsp3) is 0.308. The van der Waals surface area contributed by atoms with Crippen molar-refractivity contribution in [3.63, 3.8) is 0 Å². The van der Waals surface area contributed by atoms with E-state index in [1.54, 1.807) is 19.5 Å². The van der Waals surface area contributed by atoms with Crippen molar-refractivity contribution in [3.8, 4) is 28.4 Å². The summed E-state index contributed by atoms with van der Waals surface area (Å²) < 4.78 is 80.3. The maximum Gasteiger partial charge on any atom is 0.490 e. The first-order valence-corrected chi connectivity index (χ1v) is 12.2. The summed E-state index contributed by atoms with van der Waals surface area (Å²) in [7, 11) is 1.62. The van der Waals surface area contributed by atoms with Gasteiger partial charge in [-0.05, 0) is 47.9 Å². The lowest BCUT2D eigenvalue weighted by molar-refractivity contribution is -0.193. The lowest BCUT2D eigenvalue weighted by Gasteiger charge is -2.25. The van der Waals surface area contributed by atoms with E-state index >= 15 is 0 Å². The number of methoxy groups -OCH3 is 1. The molecule has 1 atom stereocenters. The molecular formula is C26H26F6N4O8. The van der Waals surface area contributed by atoms with Gasteiger partial charge in [-0.2, -0.15) is 31.4 Å². The SMILES string of the molecule is COc1ccc2c(c1)CC(C(=O)Nc1ccc(-c3cn[nH]c3)cc1OCCN)CO2.O=C(O)C(F)(F)F.O=C(O)C(F)(F)F. The highest BCUT2D eigenvalue weighted by Gasteiger charge is 2.39. The van der Waals surface area contributed by atoms with Gasteiger partial charge in [-0.15, -0.1) is 0 Å². The van der Waals surface area contributed by atoms with Crippen LogP contribution in [0.2, 0.25) is 0 Å². The summed E-state index contributed by atoms with van der Waals surface area (Å²) in [5.74, 6) is -3.87. The molecule has 0 saturated heterocycles. The van der Waals surface area contributed by atoms with Gasteiger partial charge in [0.2, 0.25) is 5.91 Å². The lowest BCUT2D eigenvalue weighted by Crippen LogP contribution is -2.32. The highest BCUT2D eigenvalue weighted by molar-refractivity contribution is 5.95. The minimum Gasteiger partial charge on any atom is -0.497 e. The van der Waals surface area contributed by atoms with Crippen molar-refractivity contribution in [1.82, 2.24) is 10.2 Å². The predicted octanol–water partition coefficient (Wildman–Crippen LogP) is 3.88. The number of nitrogens with one attached hydrogen (secondary N) is 2. The highest BCUT2D eigenvalue weighted by Crippen LogP contribution is 2.34. The molecule has 1 aliphatic rings. The molecule has 4 rings (SSSR count). The van der Waals surface area contributed by atoms with Crippen molar-refractivity contribution in [1.29, 1.82) is 0 Å². The van der Waals surface area contributed by atoms with Crippen LogP contribution in [0.1, 0.15) is 5.56 Å². The quantitative estimate of drug-likeness (QED) is 0.238. The lowest BCUT2D eigenvalue weighted by atomic mass is 9.95. The highest BCUT2D eigenvalue weighted by atomic mass is 19.4. The van der Waals surface area contributed by atoms with Gasteiger partial charge in [0.05, 0.1) is 24.9 Å². The van der Waals surface area contributed by atoms with E-state index in [1.165, 1.54) is 0 Å². The van der Waals surface area contributed by atoms with Crippen molar-refractivity contribution in [3.05, 3.63) is 54.4 Å². The van der Waals surface area contributed by atoms with Gasteiger partial charge in [0, 0.05) is 18.3 Å². The number of alkyl halides is 6. The Morgan fingerprint density at radius 2 is 1.68 bits per heavy atom. The number of fused-ring (bicyclic) bond motifs is 1. The topological polar surface area (TPSA) is 186 Å². The summed E-state index contributed by atoms with van der Waals surface area (Å²) in [6, 6.07) is 11.2. The van der Waals surface area contributed by atoms with Gasteiger partial charge in [0.15, 0.2) is 0 Å². The first-order valence-electron chi connectivity index (χ1n) is 12.2. The summed E-state index contributed by atoms with van der Waals surface area (Å²) in [5.41, 5.74) is 9.00. The molecule has 18 heteroatoms. The number of amides is 1. The van der Waals surface area contributed by atoms with E-state index in [4.69, 9.17) is 39.7 Å². The first kappa shape index (κ1) is 35.2. The molecule has 44 heavy (non-hydrogen) atoms. The minimum atomic E-state index is -5.08. The standard InChI is InChI=1S/C22H24N4O4.2C2HF3O2/c1-28-18-3-5-20-15(9-18)8-16(13-30-20)22(27)26-19-4-2-14(17-11-24-25-12-17)10-21(19)29-7-6-23;2*3-2(4,5)1(6)7/h2-5,9-12,16H,6-8,13,23H2,1H3,(H,24,25)(H,26,27);2*(H,6,7). The second-order valence-corrected chi connectivity index (χ2v) is 8.62. The Labute approximate surface area is 244 Å². The molecule has 240 valence electrons. The average Bonchev–Trinajstić information content (AvgIpc) is 3.51. The summed E-state index contributed by atoms with van der Waals surface area (Å²) in [5, 5.41) is 24.0. The molecule has 0 spiro atoms. The Balaban J connectivity index is 0.000000402. The number of carbonyl (C=O) groups excluding carboxylic acids is 1. The Bertz CT molecular complexity index is 1390. The number of aromatic nitrogens is 2. The number of anilines is 1. The van der Waals surface area contributed by atoms with E-state index in [0.29, 0.717) is 37.6 Å². The number of H-pyrrole nitrogens is 1. The molecule has 2 aromatic carbocycles.